The molecule has 33 heavy (non-hydrogen) atoms. The van der Waals surface area contributed by atoms with Gasteiger partial charge in [-0.05, 0) is 45.4 Å². The molecule has 7 heteroatoms. The molecule has 1 amide bonds. The Hall–Kier alpha value is -2.93. The minimum absolute atomic E-state index is 0.0320. The smallest absolute Gasteiger partial charge is 0.220 e. The largest absolute Gasteiger partial charge is 0.363 e. The van der Waals surface area contributed by atoms with Crippen molar-refractivity contribution in [1.82, 2.24) is 24.3 Å². The van der Waals surface area contributed by atoms with Gasteiger partial charge in [-0.3, -0.25) is 9.69 Å². The van der Waals surface area contributed by atoms with Crippen LogP contribution >= 0.6 is 0 Å². The molecule has 0 N–H and O–H groups in total. The molecule has 1 aromatic carbocycles. The summed E-state index contributed by atoms with van der Waals surface area (Å²) in [5, 5.41) is 1.30. The monoisotopic (exact) mass is 448 g/mol. The van der Waals surface area contributed by atoms with Crippen molar-refractivity contribution >= 4 is 22.6 Å². The lowest BCUT2D eigenvalue weighted by Gasteiger charge is -2.24. The van der Waals surface area contributed by atoms with Crippen molar-refractivity contribution in [3.8, 4) is 0 Å². The summed E-state index contributed by atoms with van der Waals surface area (Å²) in [6.07, 6.45) is 4.20. The maximum absolute atomic E-state index is 12.1. The maximum atomic E-state index is 12.1. The zero-order valence-corrected chi connectivity index (χ0v) is 20.7. The number of para-hydroxylation sites is 1. The molecule has 1 fully saturated rings. The van der Waals surface area contributed by atoms with Gasteiger partial charge in [-0.1, -0.05) is 18.2 Å². The van der Waals surface area contributed by atoms with E-state index >= 15 is 0 Å². The summed E-state index contributed by atoms with van der Waals surface area (Å²) in [5.74, 6) is 1.74. The van der Waals surface area contributed by atoms with Crippen LogP contribution in [-0.4, -0.2) is 57.9 Å². The lowest BCUT2D eigenvalue weighted by molar-refractivity contribution is -0.129. The summed E-state index contributed by atoms with van der Waals surface area (Å²) in [4.78, 5) is 28.1. The number of carbonyl (C=O) groups is 1. The van der Waals surface area contributed by atoms with Crippen molar-refractivity contribution < 1.29 is 4.79 Å². The topological polar surface area (TPSA) is 57.5 Å². The number of carbonyl (C=O) groups excluding carboxylic acids is 1. The van der Waals surface area contributed by atoms with E-state index in [2.05, 4.69) is 66.9 Å². The molecule has 3 aromatic rings. The SMILES string of the molecule is CC(=O)N1CCC[C@H]1c1nc(CN(C)Cc2cn(C(C)C)c3ccccc23)cc(N(C)C)n1. The first-order valence-electron chi connectivity index (χ1n) is 11.8. The second-order valence-electron chi connectivity index (χ2n) is 9.69. The van der Waals surface area contributed by atoms with Crippen LogP contribution in [0.3, 0.4) is 0 Å². The van der Waals surface area contributed by atoms with E-state index in [1.54, 1.807) is 6.92 Å². The maximum Gasteiger partial charge on any atom is 0.220 e. The number of hydrogen-bond donors (Lipinski definition) is 0. The zero-order valence-electron chi connectivity index (χ0n) is 20.7. The summed E-state index contributed by atoms with van der Waals surface area (Å²) in [7, 11) is 6.13. The van der Waals surface area contributed by atoms with Gasteiger partial charge in [0.25, 0.3) is 0 Å². The average molecular weight is 449 g/mol. The number of anilines is 1. The summed E-state index contributed by atoms with van der Waals surface area (Å²) in [5.41, 5.74) is 3.58. The standard InChI is InChI=1S/C26H36N6O/c1-18(2)32-16-20(22-10-7-8-11-23(22)32)15-30(6)17-21-14-25(29(4)5)28-26(27-21)24-12-9-13-31(24)19(3)33/h7-8,10-11,14,16,18,24H,9,12-13,15,17H2,1-6H3/t24-/m0/s1. The molecule has 7 nitrogen and oxygen atoms in total. The van der Waals surface area contributed by atoms with Crippen LogP contribution in [0.4, 0.5) is 5.82 Å². The summed E-state index contributed by atoms with van der Waals surface area (Å²) >= 11 is 0. The molecule has 4 rings (SSSR count). The molecule has 1 aliphatic rings. The van der Waals surface area contributed by atoms with Crippen LogP contribution in [0.5, 0.6) is 0 Å². The van der Waals surface area contributed by atoms with E-state index < -0.39 is 0 Å². The van der Waals surface area contributed by atoms with Crippen LogP contribution in [-0.2, 0) is 17.9 Å². The number of amides is 1. The normalized spacial score (nSPS) is 16.4. The molecule has 1 atom stereocenters. The predicted molar refractivity (Wildman–Crippen MR) is 133 cm³/mol. The van der Waals surface area contributed by atoms with Gasteiger partial charge in [0.2, 0.25) is 5.91 Å². The molecule has 0 unspecified atom stereocenters. The number of likely N-dealkylation sites (tertiary alicyclic amines) is 1. The Morgan fingerprint density at radius 3 is 2.61 bits per heavy atom. The molecular weight excluding hydrogens is 412 g/mol. The van der Waals surface area contributed by atoms with Crippen molar-refractivity contribution in [2.45, 2.75) is 58.8 Å². The second kappa shape index (κ2) is 9.51. The average Bonchev–Trinajstić information content (AvgIpc) is 3.39. The molecular formula is C26H36N6O. The van der Waals surface area contributed by atoms with E-state index in [1.807, 2.05) is 23.9 Å². The second-order valence-corrected chi connectivity index (χ2v) is 9.69. The Morgan fingerprint density at radius 2 is 1.91 bits per heavy atom. The molecule has 1 saturated heterocycles. The van der Waals surface area contributed by atoms with Crippen LogP contribution in [0.25, 0.3) is 10.9 Å². The predicted octanol–water partition coefficient (Wildman–Crippen LogP) is 4.39. The zero-order chi connectivity index (χ0) is 23.7. The van der Waals surface area contributed by atoms with Crippen molar-refractivity contribution in [3.63, 3.8) is 0 Å². The van der Waals surface area contributed by atoms with Gasteiger partial charge in [-0.2, -0.15) is 0 Å². The fourth-order valence-corrected chi connectivity index (χ4v) is 4.83. The van der Waals surface area contributed by atoms with Crippen LogP contribution < -0.4 is 4.90 Å². The Kier molecular flexibility index (Phi) is 6.70. The van der Waals surface area contributed by atoms with Crippen LogP contribution in [0.1, 0.15) is 62.8 Å². The molecule has 176 valence electrons. The van der Waals surface area contributed by atoms with E-state index in [0.29, 0.717) is 12.6 Å². The van der Waals surface area contributed by atoms with E-state index in [0.717, 1.165) is 43.3 Å². The Bertz CT molecular complexity index is 1140. The van der Waals surface area contributed by atoms with E-state index in [-0.39, 0.29) is 11.9 Å². The van der Waals surface area contributed by atoms with Gasteiger partial charge in [0.1, 0.15) is 5.82 Å². The molecule has 2 aromatic heterocycles. The van der Waals surface area contributed by atoms with Crippen LogP contribution in [0.15, 0.2) is 36.5 Å². The Labute approximate surface area is 197 Å². The lowest BCUT2D eigenvalue weighted by Crippen LogP contribution is -2.30. The van der Waals surface area contributed by atoms with E-state index in [4.69, 9.17) is 9.97 Å². The molecule has 3 heterocycles. The minimum atomic E-state index is -0.0320. The van der Waals surface area contributed by atoms with Crippen molar-refractivity contribution in [2.24, 2.45) is 0 Å². The van der Waals surface area contributed by atoms with Crippen molar-refractivity contribution in [3.05, 3.63) is 53.6 Å². The third-order valence-electron chi connectivity index (χ3n) is 6.45. The number of hydrogen-bond acceptors (Lipinski definition) is 5. The Balaban J connectivity index is 1.59. The third-order valence-corrected chi connectivity index (χ3v) is 6.45. The van der Waals surface area contributed by atoms with Crippen LogP contribution in [0, 0.1) is 0 Å². The summed E-state index contributed by atoms with van der Waals surface area (Å²) in [6.45, 7) is 8.41. The highest BCUT2D eigenvalue weighted by molar-refractivity contribution is 5.84. The number of fused-ring (bicyclic) bond motifs is 1. The highest BCUT2D eigenvalue weighted by Gasteiger charge is 2.30. The quantitative estimate of drug-likeness (QED) is 0.536. The molecule has 0 bridgehead atoms. The van der Waals surface area contributed by atoms with Crippen LogP contribution in [0.2, 0.25) is 0 Å². The van der Waals surface area contributed by atoms with E-state index in [1.165, 1.54) is 16.5 Å². The van der Waals surface area contributed by atoms with Gasteiger partial charge in [-0.25, -0.2) is 9.97 Å². The summed E-state index contributed by atoms with van der Waals surface area (Å²) in [6, 6.07) is 11.1. The highest BCUT2D eigenvalue weighted by Crippen LogP contribution is 2.31. The minimum Gasteiger partial charge on any atom is -0.363 e. The number of nitrogens with zero attached hydrogens (tertiary/aromatic N) is 6. The third kappa shape index (κ3) is 4.88. The fourth-order valence-electron chi connectivity index (χ4n) is 4.83. The first-order valence-corrected chi connectivity index (χ1v) is 11.8. The van der Waals surface area contributed by atoms with Crippen molar-refractivity contribution in [1.29, 1.82) is 0 Å². The Morgan fingerprint density at radius 1 is 1.15 bits per heavy atom. The number of benzene rings is 1. The molecule has 1 aliphatic heterocycles. The molecule has 0 spiro atoms. The molecule has 0 radical (unpaired) electrons. The first kappa shape index (κ1) is 23.2. The van der Waals surface area contributed by atoms with E-state index in [9.17, 15) is 4.79 Å². The summed E-state index contributed by atoms with van der Waals surface area (Å²) < 4.78 is 2.35. The van der Waals surface area contributed by atoms with Gasteiger partial charge >= 0.3 is 0 Å². The van der Waals surface area contributed by atoms with Gasteiger partial charge < -0.3 is 14.4 Å². The van der Waals surface area contributed by atoms with Gasteiger partial charge in [0, 0.05) is 69.9 Å². The lowest BCUT2D eigenvalue weighted by atomic mass is 10.1. The fraction of sp³-hybridized carbons (Fsp3) is 0.500. The van der Waals surface area contributed by atoms with Gasteiger partial charge in [0.15, 0.2) is 5.82 Å². The van der Waals surface area contributed by atoms with Gasteiger partial charge in [0.05, 0.1) is 11.7 Å². The van der Waals surface area contributed by atoms with Crippen molar-refractivity contribution in [2.75, 3.05) is 32.6 Å². The van der Waals surface area contributed by atoms with Gasteiger partial charge in [-0.15, -0.1) is 0 Å². The molecule has 0 aliphatic carbocycles. The molecule has 0 saturated carbocycles. The highest BCUT2D eigenvalue weighted by atomic mass is 16.2. The number of rotatable bonds is 7. The first-order chi connectivity index (χ1) is 15.7. The number of aromatic nitrogens is 3.